The maximum Gasteiger partial charge on any atom is 0.163 e. The Morgan fingerprint density at radius 1 is 1.47 bits per heavy atom. The van der Waals surface area contributed by atoms with Gasteiger partial charge < -0.3 is 19.7 Å². The number of aromatic hydroxyl groups is 1. The molecule has 1 fully saturated rings. The summed E-state index contributed by atoms with van der Waals surface area (Å²) in [5.74, 6) is -1.21. The number of rotatable bonds is 3. The van der Waals surface area contributed by atoms with Crippen LogP contribution in [0.1, 0.15) is 19.4 Å². The van der Waals surface area contributed by atoms with Gasteiger partial charge in [-0.25, -0.2) is 4.39 Å². The van der Waals surface area contributed by atoms with Gasteiger partial charge in [-0.15, -0.1) is 0 Å². The van der Waals surface area contributed by atoms with Gasteiger partial charge in [0.1, 0.15) is 23.8 Å². The highest BCUT2D eigenvalue weighted by molar-refractivity contribution is 5.57. The Hall–Kier alpha value is -1.43. The van der Waals surface area contributed by atoms with Crippen LogP contribution in [0.15, 0.2) is 24.3 Å². The van der Waals surface area contributed by atoms with E-state index in [0.29, 0.717) is 5.56 Å². The first-order chi connectivity index (χ1) is 8.87. The van der Waals surface area contributed by atoms with Crippen molar-refractivity contribution in [1.29, 1.82) is 0 Å². The normalized spacial score (nSPS) is 23.9. The molecule has 1 aromatic carbocycles. The lowest BCUT2D eigenvalue weighted by atomic mass is 10.1. The van der Waals surface area contributed by atoms with Crippen molar-refractivity contribution in [3.8, 4) is 5.75 Å². The molecular formula is C14H17FO4. The van der Waals surface area contributed by atoms with Crippen LogP contribution in [-0.2, 0) is 9.47 Å². The van der Waals surface area contributed by atoms with Crippen molar-refractivity contribution >= 4 is 6.08 Å². The third kappa shape index (κ3) is 3.53. The van der Waals surface area contributed by atoms with Crippen molar-refractivity contribution in [2.75, 3.05) is 6.61 Å². The van der Waals surface area contributed by atoms with E-state index >= 15 is 0 Å². The third-order valence-corrected chi connectivity index (χ3v) is 2.87. The highest BCUT2D eigenvalue weighted by Gasteiger charge is 2.35. The first-order valence-corrected chi connectivity index (χ1v) is 6.04. The molecule has 2 N–H and O–H groups in total. The Balaban J connectivity index is 2.04. The molecule has 104 valence electrons. The van der Waals surface area contributed by atoms with Crippen molar-refractivity contribution < 1.29 is 24.1 Å². The summed E-state index contributed by atoms with van der Waals surface area (Å²) in [4.78, 5) is 0. The number of benzene rings is 1. The predicted octanol–water partition coefficient (Wildman–Crippen LogP) is 2.06. The van der Waals surface area contributed by atoms with Crippen LogP contribution in [0.4, 0.5) is 4.39 Å². The molecule has 0 amide bonds. The summed E-state index contributed by atoms with van der Waals surface area (Å²) in [6, 6.07) is 3.62. The molecule has 1 heterocycles. The van der Waals surface area contributed by atoms with Crippen LogP contribution in [0.25, 0.3) is 6.08 Å². The maximum absolute atomic E-state index is 13.0. The Morgan fingerprint density at radius 2 is 2.21 bits per heavy atom. The topological polar surface area (TPSA) is 58.9 Å². The van der Waals surface area contributed by atoms with Gasteiger partial charge in [0.2, 0.25) is 0 Å². The number of halogens is 1. The number of ether oxygens (including phenoxy) is 2. The van der Waals surface area contributed by atoms with Gasteiger partial charge in [0, 0.05) is 5.56 Å². The molecule has 5 heteroatoms. The first kappa shape index (κ1) is 14.0. The predicted molar refractivity (Wildman–Crippen MR) is 68.0 cm³/mol. The Bertz CT molecular complexity index is 484. The SMILES string of the molecule is CC1(C)OC[C@H]([C@@H](O)C=Cc2cc(F)ccc2O)O1. The quantitative estimate of drug-likeness (QED) is 0.881. The molecule has 1 aromatic rings. The standard InChI is InChI=1S/C14H17FO4/c1-14(2)18-8-13(19-14)12(17)5-3-9-7-10(15)4-6-11(9)16/h3-7,12-13,16-17H,8H2,1-2H3/t12-,13+/m0/s1. The van der Waals surface area contributed by atoms with Crippen LogP contribution in [0.5, 0.6) is 5.75 Å². The fourth-order valence-corrected chi connectivity index (χ4v) is 1.87. The van der Waals surface area contributed by atoms with Gasteiger partial charge in [0.25, 0.3) is 0 Å². The fraction of sp³-hybridized carbons (Fsp3) is 0.429. The minimum atomic E-state index is -0.885. The van der Waals surface area contributed by atoms with E-state index < -0.39 is 23.8 Å². The number of phenols is 1. The smallest absolute Gasteiger partial charge is 0.163 e. The average Bonchev–Trinajstić information content (AvgIpc) is 2.70. The van der Waals surface area contributed by atoms with Crippen molar-refractivity contribution in [1.82, 2.24) is 0 Å². The van der Waals surface area contributed by atoms with Gasteiger partial charge in [0.15, 0.2) is 5.79 Å². The minimum Gasteiger partial charge on any atom is -0.507 e. The molecule has 0 spiro atoms. The maximum atomic E-state index is 13.0. The molecule has 4 nitrogen and oxygen atoms in total. The fourth-order valence-electron chi connectivity index (χ4n) is 1.87. The molecule has 0 saturated carbocycles. The molecule has 2 atom stereocenters. The summed E-state index contributed by atoms with van der Waals surface area (Å²) in [7, 11) is 0. The Kier molecular flexibility index (Phi) is 3.89. The lowest BCUT2D eigenvalue weighted by Gasteiger charge is -2.18. The zero-order valence-corrected chi connectivity index (χ0v) is 10.8. The van der Waals surface area contributed by atoms with Crippen LogP contribution < -0.4 is 0 Å². The van der Waals surface area contributed by atoms with E-state index in [0.717, 1.165) is 0 Å². The van der Waals surface area contributed by atoms with E-state index in [9.17, 15) is 14.6 Å². The summed E-state index contributed by atoms with van der Waals surface area (Å²) >= 11 is 0. The van der Waals surface area contributed by atoms with Crippen LogP contribution >= 0.6 is 0 Å². The number of aliphatic hydroxyl groups excluding tert-OH is 1. The number of hydrogen-bond acceptors (Lipinski definition) is 4. The summed E-state index contributed by atoms with van der Waals surface area (Å²) in [5.41, 5.74) is 0.303. The molecule has 1 saturated heterocycles. The number of phenolic OH excluding ortho intramolecular Hbond substituents is 1. The monoisotopic (exact) mass is 268 g/mol. The number of aliphatic hydroxyl groups is 1. The van der Waals surface area contributed by atoms with Crippen molar-refractivity contribution in [2.24, 2.45) is 0 Å². The Morgan fingerprint density at radius 3 is 2.84 bits per heavy atom. The van der Waals surface area contributed by atoms with Crippen molar-refractivity contribution in [3.63, 3.8) is 0 Å². The van der Waals surface area contributed by atoms with Gasteiger partial charge >= 0.3 is 0 Å². The summed E-state index contributed by atoms with van der Waals surface area (Å²) < 4.78 is 23.9. The van der Waals surface area contributed by atoms with E-state index in [-0.39, 0.29) is 12.4 Å². The van der Waals surface area contributed by atoms with E-state index in [1.165, 1.54) is 30.4 Å². The lowest BCUT2D eigenvalue weighted by molar-refractivity contribution is -0.147. The van der Waals surface area contributed by atoms with Crippen LogP contribution in [0.3, 0.4) is 0 Å². The molecule has 2 rings (SSSR count). The third-order valence-electron chi connectivity index (χ3n) is 2.87. The zero-order chi connectivity index (χ0) is 14.0. The zero-order valence-electron chi connectivity index (χ0n) is 10.8. The average molecular weight is 268 g/mol. The van der Waals surface area contributed by atoms with Crippen LogP contribution in [0.2, 0.25) is 0 Å². The van der Waals surface area contributed by atoms with Crippen molar-refractivity contribution in [2.45, 2.75) is 31.8 Å². The van der Waals surface area contributed by atoms with Gasteiger partial charge in [-0.3, -0.25) is 0 Å². The van der Waals surface area contributed by atoms with Gasteiger partial charge in [-0.1, -0.05) is 12.2 Å². The van der Waals surface area contributed by atoms with Gasteiger partial charge in [-0.05, 0) is 32.0 Å². The summed E-state index contributed by atoms with van der Waals surface area (Å²) in [5, 5.41) is 19.5. The molecule has 0 radical (unpaired) electrons. The highest BCUT2D eigenvalue weighted by Crippen LogP contribution is 2.25. The van der Waals surface area contributed by atoms with E-state index in [2.05, 4.69) is 0 Å². The minimum absolute atomic E-state index is 0.0474. The Labute approximate surface area is 111 Å². The molecule has 0 aliphatic carbocycles. The van der Waals surface area contributed by atoms with Crippen LogP contribution in [-0.4, -0.2) is 34.8 Å². The molecule has 1 aliphatic rings. The van der Waals surface area contributed by atoms with Gasteiger partial charge in [0.05, 0.1) is 6.61 Å². The first-order valence-electron chi connectivity index (χ1n) is 6.04. The largest absolute Gasteiger partial charge is 0.507 e. The molecule has 0 unspecified atom stereocenters. The summed E-state index contributed by atoms with van der Waals surface area (Å²) in [6.07, 6.45) is 1.55. The van der Waals surface area contributed by atoms with E-state index in [4.69, 9.17) is 9.47 Å². The second-order valence-electron chi connectivity index (χ2n) is 4.92. The van der Waals surface area contributed by atoms with Crippen LogP contribution in [0, 0.1) is 5.82 Å². The molecule has 0 aromatic heterocycles. The molecule has 0 bridgehead atoms. The second kappa shape index (κ2) is 5.28. The summed E-state index contributed by atoms with van der Waals surface area (Å²) in [6.45, 7) is 3.82. The highest BCUT2D eigenvalue weighted by atomic mass is 19.1. The van der Waals surface area contributed by atoms with Gasteiger partial charge in [-0.2, -0.15) is 0 Å². The molecule has 1 aliphatic heterocycles. The molecule has 19 heavy (non-hydrogen) atoms. The molecular weight excluding hydrogens is 251 g/mol. The second-order valence-corrected chi connectivity index (χ2v) is 4.92. The van der Waals surface area contributed by atoms with Crippen molar-refractivity contribution in [3.05, 3.63) is 35.7 Å². The van der Waals surface area contributed by atoms with E-state index in [1.54, 1.807) is 13.8 Å². The number of hydrogen-bond donors (Lipinski definition) is 2. The van der Waals surface area contributed by atoms with E-state index in [1.807, 2.05) is 0 Å². The lowest BCUT2D eigenvalue weighted by Crippen LogP contribution is -2.29.